The number of aliphatic hydroxyl groups excluding tert-OH is 1. The summed E-state index contributed by atoms with van der Waals surface area (Å²) in [6.45, 7) is 1.98. The number of hydrogen-bond donors (Lipinski definition) is 2. The van der Waals surface area contributed by atoms with E-state index in [9.17, 15) is 4.79 Å². The molecule has 0 amide bonds. The number of ether oxygens (including phenoxy) is 1. The summed E-state index contributed by atoms with van der Waals surface area (Å²) in [5.74, 6) is -0.511. The molecule has 0 aromatic heterocycles. The molecule has 0 aliphatic rings. The highest BCUT2D eigenvalue weighted by Gasteiger charge is 2.13. The number of benzene rings is 1. The first-order valence-corrected chi connectivity index (χ1v) is 5.67. The molecule has 16 heavy (non-hydrogen) atoms. The third-order valence-electron chi connectivity index (χ3n) is 2.02. The van der Waals surface area contributed by atoms with Gasteiger partial charge in [-0.15, -0.1) is 0 Å². The number of rotatable bonds is 4. The molecular weight excluding hydrogens is 274 g/mol. The van der Waals surface area contributed by atoms with E-state index in [2.05, 4.69) is 15.9 Å². The molecule has 0 fully saturated rings. The normalized spacial score (nSPS) is 12.2. The van der Waals surface area contributed by atoms with Crippen molar-refractivity contribution in [3.8, 4) is 0 Å². The van der Waals surface area contributed by atoms with Gasteiger partial charge in [-0.05, 0) is 34.1 Å². The van der Waals surface area contributed by atoms with Crippen molar-refractivity contribution in [3.05, 3.63) is 28.2 Å². The van der Waals surface area contributed by atoms with Crippen LogP contribution in [-0.4, -0.2) is 24.3 Å². The van der Waals surface area contributed by atoms with Crippen molar-refractivity contribution < 1.29 is 14.6 Å². The lowest BCUT2D eigenvalue weighted by molar-refractivity contribution is 0.0404. The summed E-state index contributed by atoms with van der Waals surface area (Å²) in [5.41, 5.74) is 6.48. The van der Waals surface area contributed by atoms with E-state index in [1.54, 1.807) is 25.1 Å². The fourth-order valence-electron chi connectivity index (χ4n) is 1.05. The minimum atomic E-state index is -0.445. The van der Waals surface area contributed by atoms with Crippen LogP contribution in [0.5, 0.6) is 0 Å². The highest BCUT2D eigenvalue weighted by Crippen LogP contribution is 2.20. The van der Waals surface area contributed by atoms with Crippen LogP contribution in [0.1, 0.15) is 17.3 Å². The number of anilines is 1. The SMILES string of the molecule is CC(CO)COC(=O)c1cc(N)ccc1Br. The zero-order valence-electron chi connectivity index (χ0n) is 8.94. The van der Waals surface area contributed by atoms with Crippen molar-refractivity contribution in [1.82, 2.24) is 0 Å². The number of carbonyl (C=O) groups is 1. The van der Waals surface area contributed by atoms with Crippen molar-refractivity contribution in [1.29, 1.82) is 0 Å². The number of esters is 1. The maximum absolute atomic E-state index is 11.6. The zero-order chi connectivity index (χ0) is 12.1. The molecule has 0 spiro atoms. The Morgan fingerprint density at radius 1 is 1.62 bits per heavy atom. The van der Waals surface area contributed by atoms with Gasteiger partial charge in [-0.2, -0.15) is 0 Å². The molecule has 1 atom stereocenters. The largest absolute Gasteiger partial charge is 0.462 e. The van der Waals surface area contributed by atoms with Gasteiger partial charge < -0.3 is 15.6 Å². The minimum Gasteiger partial charge on any atom is -0.462 e. The van der Waals surface area contributed by atoms with Gasteiger partial charge in [0.15, 0.2) is 0 Å². The third-order valence-corrected chi connectivity index (χ3v) is 2.71. The number of hydrogen-bond acceptors (Lipinski definition) is 4. The second kappa shape index (κ2) is 5.86. The molecule has 0 aliphatic carbocycles. The lowest BCUT2D eigenvalue weighted by atomic mass is 10.2. The summed E-state index contributed by atoms with van der Waals surface area (Å²) in [6, 6.07) is 4.94. The van der Waals surface area contributed by atoms with E-state index in [4.69, 9.17) is 15.6 Å². The van der Waals surface area contributed by atoms with Crippen molar-refractivity contribution in [3.63, 3.8) is 0 Å². The fraction of sp³-hybridized carbons (Fsp3) is 0.364. The van der Waals surface area contributed by atoms with Gasteiger partial charge in [-0.1, -0.05) is 6.92 Å². The summed E-state index contributed by atoms with van der Waals surface area (Å²) in [7, 11) is 0. The highest BCUT2D eigenvalue weighted by atomic mass is 79.9. The molecule has 0 saturated carbocycles. The molecule has 1 unspecified atom stereocenters. The van der Waals surface area contributed by atoms with Gasteiger partial charge >= 0.3 is 5.97 Å². The summed E-state index contributed by atoms with van der Waals surface area (Å²) in [5, 5.41) is 8.80. The van der Waals surface area contributed by atoms with Crippen molar-refractivity contribution in [2.45, 2.75) is 6.92 Å². The quantitative estimate of drug-likeness (QED) is 0.654. The maximum atomic E-state index is 11.6. The average Bonchev–Trinajstić information content (AvgIpc) is 2.28. The van der Waals surface area contributed by atoms with Crippen LogP contribution in [0.15, 0.2) is 22.7 Å². The van der Waals surface area contributed by atoms with E-state index in [-0.39, 0.29) is 19.1 Å². The van der Waals surface area contributed by atoms with Gasteiger partial charge in [-0.25, -0.2) is 4.79 Å². The van der Waals surface area contributed by atoms with Crippen molar-refractivity contribution >= 4 is 27.6 Å². The predicted molar refractivity (Wildman–Crippen MR) is 65.1 cm³/mol. The molecule has 88 valence electrons. The third kappa shape index (κ3) is 3.50. The monoisotopic (exact) mass is 287 g/mol. The number of nitrogens with two attached hydrogens (primary N) is 1. The number of aliphatic hydroxyl groups is 1. The number of halogens is 1. The van der Waals surface area contributed by atoms with Crippen LogP contribution in [0.3, 0.4) is 0 Å². The van der Waals surface area contributed by atoms with E-state index in [1.165, 1.54) is 0 Å². The molecule has 0 aliphatic heterocycles. The summed E-state index contributed by atoms with van der Waals surface area (Å²) >= 11 is 3.25. The molecule has 0 bridgehead atoms. The van der Waals surface area contributed by atoms with Gasteiger partial charge in [0.1, 0.15) is 0 Å². The van der Waals surface area contributed by atoms with Gasteiger partial charge in [0.05, 0.1) is 12.2 Å². The molecular formula is C11H14BrNO3. The molecule has 1 aromatic rings. The topological polar surface area (TPSA) is 72.5 Å². The number of carbonyl (C=O) groups excluding carboxylic acids is 1. The Morgan fingerprint density at radius 2 is 2.31 bits per heavy atom. The first-order chi connectivity index (χ1) is 7.54. The Labute approximate surface area is 103 Å². The van der Waals surface area contributed by atoms with Crippen LogP contribution in [0, 0.1) is 5.92 Å². The average molecular weight is 288 g/mol. The Balaban J connectivity index is 2.69. The molecule has 4 nitrogen and oxygen atoms in total. The van der Waals surface area contributed by atoms with E-state index in [0.29, 0.717) is 15.7 Å². The van der Waals surface area contributed by atoms with Gasteiger partial charge in [0.2, 0.25) is 0 Å². The van der Waals surface area contributed by atoms with Gasteiger partial charge in [-0.3, -0.25) is 0 Å². The lowest BCUT2D eigenvalue weighted by Crippen LogP contribution is -2.15. The van der Waals surface area contributed by atoms with Gasteiger partial charge in [0, 0.05) is 22.7 Å². The van der Waals surface area contributed by atoms with Crippen LogP contribution in [0.25, 0.3) is 0 Å². The molecule has 1 rings (SSSR count). The Morgan fingerprint density at radius 3 is 2.94 bits per heavy atom. The summed E-state index contributed by atoms with van der Waals surface area (Å²) < 4.78 is 5.67. The van der Waals surface area contributed by atoms with E-state index in [1.807, 2.05) is 0 Å². The van der Waals surface area contributed by atoms with Crippen LogP contribution in [-0.2, 0) is 4.74 Å². The smallest absolute Gasteiger partial charge is 0.339 e. The number of nitrogen functional groups attached to an aromatic ring is 1. The van der Waals surface area contributed by atoms with Crippen molar-refractivity contribution in [2.24, 2.45) is 5.92 Å². The zero-order valence-corrected chi connectivity index (χ0v) is 10.5. The highest BCUT2D eigenvalue weighted by molar-refractivity contribution is 9.10. The van der Waals surface area contributed by atoms with Crippen LogP contribution >= 0.6 is 15.9 Å². The van der Waals surface area contributed by atoms with Crippen molar-refractivity contribution in [2.75, 3.05) is 18.9 Å². The first-order valence-electron chi connectivity index (χ1n) is 4.87. The first kappa shape index (κ1) is 13.0. The van der Waals surface area contributed by atoms with Gasteiger partial charge in [0.25, 0.3) is 0 Å². The molecule has 0 radical (unpaired) electrons. The van der Waals surface area contributed by atoms with Crippen LogP contribution < -0.4 is 5.73 Å². The molecule has 1 aromatic carbocycles. The Bertz CT molecular complexity index is 381. The Kier molecular flexibility index (Phi) is 4.76. The molecule has 0 saturated heterocycles. The Hall–Kier alpha value is -1.07. The van der Waals surface area contributed by atoms with Crippen LogP contribution in [0.4, 0.5) is 5.69 Å². The molecule has 3 N–H and O–H groups in total. The maximum Gasteiger partial charge on any atom is 0.339 e. The standard InChI is InChI=1S/C11H14BrNO3/c1-7(5-14)6-16-11(15)9-4-8(13)2-3-10(9)12/h2-4,7,14H,5-6,13H2,1H3. The predicted octanol–water partition coefficient (Wildman–Crippen LogP) is 1.82. The minimum absolute atomic E-state index is 0.00855. The second-order valence-electron chi connectivity index (χ2n) is 3.63. The summed E-state index contributed by atoms with van der Waals surface area (Å²) in [6.07, 6.45) is 0. The lowest BCUT2D eigenvalue weighted by Gasteiger charge is -2.10. The molecule has 5 heteroatoms. The van der Waals surface area contributed by atoms with E-state index < -0.39 is 5.97 Å². The van der Waals surface area contributed by atoms with Crippen LogP contribution in [0.2, 0.25) is 0 Å². The second-order valence-corrected chi connectivity index (χ2v) is 4.48. The van der Waals surface area contributed by atoms with E-state index >= 15 is 0 Å². The fourth-order valence-corrected chi connectivity index (χ4v) is 1.46. The summed E-state index contributed by atoms with van der Waals surface area (Å²) in [4.78, 5) is 11.6. The van der Waals surface area contributed by atoms with E-state index in [0.717, 1.165) is 0 Å². The molecule has 0 heterocycles.